The molecule has 0 aliphatic heterocycles. The number of amides is 1. The molecule has 3 aromatic rings. The highest BCUT2D eigenvalue weighted by molar-refractivity contribution is 7.89. The molecule has 0 saturated carbocycles. The standard InChI is InChI=1S/C21H20N2O5S/c1-27-18-7-2-5-16(13-18)10-11-21(24)23-17-6-3-9-20(14-17)29(25,26)22-15-19-8-4-12-28-19/h2-14,22H,15H2,1H3,(H,23,24)/b11-10+. The molecule has 2 aromatic carbocycles. The van der Waals surface area contributed by atoms with Gasteiger partial charge in [0.15, 0.2) is 0 Å². The van der Waals surface area contributed by atoms with Gasteiger partial charge in [0.25, 0.3) is 0 Å². The molecule has 2 N–H and O–H groups in total. The third-order valence-electron chi connectivity index (χ3n) is 3.95. The maximum atomic E-state index is 12.4. The smallest absolute Gasteiger partial charge is 0.248 e. The molecule has 8 heteroatoms. The first-order chi connectivity index (χ1) is 14.0. The van der Waals surface area contributed by atoms with E-state index in [1.807, 2.05) is 18.2 Å². The molecule has 1 amide bonds. The van der Waals surface area contributed by atoms with Gasteiger partial charge in [0, 0.05) is 11.8 Å². The first kappa shape index (κ1) is 20.4. The van der Waals surface area contributed by atoms with E-state index in [-0.39, 0.29) is 17.3 Å². The van der Waals surface area contributed by atoms with E-state index < -0.39 is 10.0 Å². The molecule has 0 bridgehead atoms. The summed E-state index contributed by atoms with van der Waals surface area (Å²) in [7, 11) is -2.18. The molecule has 0 atom stereocenters. The Kier molecular flexibility index (Phi) is 6.48. The van der Waals surface area contributed by atoms with Crippen LogP contribution in [0.2, 0.25) is 0 Å². The molecular weight excluding hydrogens is 392 g/mol. The predicted octanol–water partition coefficient (Wildman–Crippen LogP) is 3.42. The van der Waals surface area contributed by atoms with Crippen molar-refractivity contribution in [2.45, 2.75) is 11.4 Å². The number of methoxy groups -OCH3 is 1. The molecule has 0 unspecified atom stereocenters. The molecule has 29 heavy (non-hydrogen) atoms. The molecule has 0 aliphatic carbocycles. The monoisotopic (exact) mass is 412 g/mol. The number of benzene rings is 2. The van der Waals surface area contributed by atoms with E-state index in [4.69, 9.17) is 9.15 Å². The molecule has 1 heterocycles. The minimum atomic E-state index is -3.75. The minimum Gasteiger partial charge on any atom is -0.497 e. The fourth-order valence-electron chi connectivity index (χ4n) is 2.50. The van der Waals surface area contributed by atoms with E-state index in [2.05, 4.69) is 10.0 Å². The summed E-state index contributed by atoms with van der Waals surface area (Å²) in [6, 6.07) is 16.6. The Hall–Kier alpha value is -3.36. The molecule has 7 nitrogen and oxygen atoms in total. The second-order valence-electron chi connectivity index (χ2n) is 6.03. The van der Waals surface area contributed by atoms with Gasteiger partial charge in [0.2, 0.25) is 15.9 Å². The van der Waals surface area contributed by atoms with Crippen molar-refractivity contribution in [2.24, 2.45) is 0 Å². The van der Waals surface area contributed by atoms with Gasteiger partial charge >= 0.3 is 0 Å². The Labute approximate surface area is 169 Å². The maximum Gasteiger partial charge on any atom is 0.248 e. The summed E-state index contributed by atoms with van der Waals surface area (Å²) in [5.74, 6) is 0.805. The molecule has 1 aromatic heterocycles. The normalized spacial score (nSPS) is 11.5. The van der Waals surface area contributed by atoms with Gasteiger partial charge in [-0.15, -0.1) is 0 Å². The van der Waals surface area contributed by atoms with E-state index >= 15 is 0 Å². The maximum absolute atomic E-state index is 12.4. The Morgan fingerprint density at radius 3 is 2.69 bits per heavy atom. The highest BCUT2D eigenvalue weighted by Gasteiger charge is 2.15. The van der Waals surface area contributed by atoms with Crippen molar-refractivity contribution in [2.75, 3.05) is 12.4 Å². The lowest BCUT2D eigenvalue weighted by molar-refractivity contribution is -0.111. The number of rotatable bonds is 8. The van der Waals surface area contributed by atoms with E-state index in [0.29, 0.717) is 17.2 Å². The number of anilines is 1. The SMILES string of the molecule is COc1cccc(/C=C/C(=O)Nc2cccc(S(=O)(=O)NCc3ccco3)c2)c1. The van der Waals surface area contributed by atoms with Crippen molar-refractivity contribution in [1.29, 1.82) is 0 Å². The first-order valence-electron chi connectivity index (χ1n) is 8.71. The van der Waals surface area contributed by atoms with Gasteiger partial charge in [-0.3, -0.25) is 4.79 Å². The van der Waals surface area contributed by atoms with Crippen molar-refractivity contribution in [1.82, 2.24) is 4.72 Å². The zero-order valence-electron chi connectivity index (χ0n) is 15.7. The van der Waals surface area contributed by atoms with E-state index in [1.165, 1.54) is 24.5 Å². The van der Waals surface area contributed by atoms with Crippen LogP contribution in [-0.2, 0) is 21.4 Å². The van der Waals surface area contributed by atoms with Crippen LogP contribution in [-0.4, -0.2) is 21.4 Å². The average molecular weight is 412 g/mol. The number of hydrogen-bond donors (Lipinski definition) is 2. The van der Waals surface area contributed by atoms with Crippen LogP contribution in [0.25, 0.3) is 6.08 Å². The van der Waals surface area contributed by atoms with E-state index in [0.717, 1.165) is 5.56 Å². The highest BCUT2D eigenvalue weighted by Crippen LogP contribution is 2.17. The number of carbonyl (C=O) groups is 1. The van der Waals surface area contributed by atoms with E-state index in [1.54, 1.807) is 43.5 Å². The van der Waals surface area contributed by atoms with Crippen molar-refractivity contribution < 1.29 is 22.4 Å². The lowest BCUT2D eigenvalue weighted by Gasteiger charge is -2.08. The summed E-state index contributed by atoms with van der Waals surface area (Å²) < 4.78 is 37.6. The van der Waals surface area contributed by atoms with Crippen LogP contribution < -0.4 is 14.8 Å². The number of carbonyl (C=O) groups excluding carboxylic acids is 1. The number of nitrogens with one attached hydrogen (secondary N) is 2. The van der Waals surface area contributed by atoms with Gasteiger partial charge in [0.1, 0.15) is 11.5 Å². The van der Waals surface area contributed by atoms with Gasteiger partial charge in [-0.2, -0.15) is 0 Å². The van der Waals surface area contributed by atoms with Gasteiger partial charge in [-0.25, -0.2) is 13.1 Å². The molecular formula is C21H20N2O5S. The van der Waals surface area contributed by atoms with Crippen LogP contribution >= 0.6 is 0 Å². The number of sulfonamides is 1. The Morgan fingerprint density at radius 2 is 1.93 bits per heavy atom. The van der Waals surface area contributed by atoms with Crippen molar-refractivity contribution in [3.63, 3.8) is 0 Å². The fraction of sp³-hybridized carbons (Fsp3) is 0.0952. The number of hydrogen-bond acceptors (Lipinski definition) is 5. The molecule has 150 valence electrons. The van der Waals surface area contributed by atoms with Crippen LogP contribution in [0, 0.1) is 0 Å². The summed E-state index contributed by atoms with van der Waals surface area (Å²) in [5.41, 5.74) is 1.17. The summed E-state index contributed by atoms with van der Waals surface area (Å²) in [6.07, 6.45) is 4.48. The quantitative estimate of drug-likeness (QED) is 0.553. The third kappa shape index (κ3) is 5.81. The Morgan fingerprint density at radius 1 is 1.10 bits per heavy atom. The van der Waals surface area contributed by atoms with E-state index in [9.17, 15) is 13.2 Å². The zero-order chi connectivity index (χ0) is 20.7. The van der Waals surface area contributed by atoms with Gasteiger partial charge < -0.3 is 14.5 Å². The Balaban J connectivity index is 1.65. The predicted molar refractivity (Wildman–Crippen MR) is 110 cm³/mol. The van der Waals surface area contributed by atoms with Gasteiger partial charge in [-0.05, 0) is 54.1 Å². The lowest BCUT2D eigenvalue weighted by Crippen LogP contribution is -2.23. The lowest BCUT2D eigenvalue weighted by atomic mass is 10.2. The molecule has 0 spiro atoms. The highest BCUT2D eigenvalue weighted by atomic mass is 32.2. The van der Waals surface area contributed by atoms with Gasteiger partial charge in [-0.1, -0.05) is 18.2 Å². The summed E-state index contributed by atoms with van der Waals surface area (Å²) in [4.78, 5) is 12.2. The van der Waals surface area contributed by atoms with Gasteiger partial charge in [0.05, 0.1) is 24.8 Å². The zero-order valence-corrected chi connectivity index (χ0v) is 16.5. The third-order valence-corrected chi connectivity index (χ3v) is 5.35. The summed E-state index contributed by atoms with van der Waals surface area (Å²) in [5, 5.41) is 2.66. The topological polar surface area (TPSA) is 97.6 Å². The van der Waals surface area contributed by atoms with Crippen LogP contribution in [0.15, 0.2) is 82.3 Å². The van der Waals surface area contributed by atoms with Crippen molar-refractivity contribution in [3.05, 3.63) is 84.3 Å². The minimum absolute atomic E-state index is 0.0369. The van der Waals surface area contributed by atoms with Crippen LogP contribution in [0.5, 0.6) is 5.75 Å². The summed E-state index contributed by atoms with van der Waals surface area (Å²) in [6.45, 7) is 0.0369. The second kappa shape index (κ2) is 9.22. The molecule has 0 saturated heterocycles. The average Bonchev–Trinajstić information content (AvgIpc) is 3.25. The van der Waals surface area contributed by atoms with Crippen LogP contribution in [0.3, 0.4) is 0 Å². The molecule has 0 fully saturated rings. The summed E-state index contributed by atoms with van der Waals surface area (Å²) >= 11 is 0. The van der Waals surface area contributed by atoms with Crippen LogP contribution in [0.4, 0.5) is 5.69 Å². The van der Waals surface area contributed by atoms with Crippen molar-refractivity contribution >= 4 is 27.7 Å². The second-order valence-corrected chi connectivity index (χ2v) is 7.80. The fourth-order valence-corrected chi connectivity index (χ4v) is 3.54. The number of furan rings is 1. The molecule has 0 aliphatic rings. The first-order valence-corrected chi connectivity index (χ1v) is 10.2. The van der Waals surface area contributed by atoms with Crippen molar-refractivity contribution in [3.8, 4) is 5.75 Å². The molecule has 3 rings (SSSR count). The molecule has 0 radical (unpaired) electrons. The Bertz CT molecular complexity index is 1110. The number of ether oxygens (including phenoxy) is 1. The van der Waals surface area contributed by atoms with Crippen LogP contribution in [0.1, 0.15) is 11.3 Å². The largest absolute Gasteiger partial charge is 0.497 e.